The van der Waals surface area contributed by atoms with Crippen molar-refractivity contribution in [1.29, 1.82) is 0 Å². The molecule has 6 heteroatoms. The Labute approximate surface area is 141 Å². The number of fused-ring (bicyclic) bond motifs is 1. The van der Waals surface area contributed by atoms with Gasteiger partial charge in [-0.1, -0.05) is 36.4 Å². The average Bonchev–Trinajstić information content (AvgIpc) is 2.58. The molecule has 0 bridgehead atoms. The highest BCUT2D eigenvalue weighted by Crippen LogP contribution is 2.16. The molecule has 24 heavy (non-hydrogen) atoms. The van der Waals surface area contributed by atoms with E-state index in [1.807, 2.05) is 36.4 Å². The second kappa shape index (κ2) is 6.98. The molecule has 0 spiro atoms. The standard InChI is InChI=1S/C18H17NO4S/c1-24(20,21)23-12-14-6-10-17(11-7-14)22-13-16-9-8-15-4-2-3-5-18(15)19-16/h2-11H,12-13H2,1H3. The quantitative estimate of drug-likeness (QED) is 0.643. The Kier molecular flexibility index (Phi) is 4.78. The van der Waals surface area contributed by atoms with Crippen LogP contribution in [0.4, 0.5) is 0 Å². The highest BCUT2D eigenvalue weighted by molar-refractivity contribution is 7.85. The lowest BCUT2D eigenvalue weighted by molar-refractivity contribution is 0.299. The van der Waals surface area contributed by atoms with Crippen LogP contribution in [0, 0.1) is 0 Å². The molecule has 0 saturated carbocycles. The fraction of sp³-hybridized carbons (Fsp3) is 0.167. The van der Waals surface area contributed by atoms with Gasteiger partial charge in [0.2, 0.25) is 0 Å². The Hall–Kier alpha value is -2.44. The van der Waals surface area contributed by atoms with Gasteiger partial charge in [-0.15, -0.1) is 0 Å². The van der Waals surface area contributed by atoms with Gasteiger partial charge in [-0.05, 0) is 29.8 Å². The van der Waals surface area contributed by atoms with Crippen molar-refractivity contribution in [1.82, 2.24) is 4.98 Å². The van der Waals surface area contributed by atoms with E-state index >= 15 is 0 Å². The van der Waals surface area contributed by atoms with Gasteiger partial charge < -0.3 is 4.74 Å². The molecule has 0 aliphatic carbocycles. The smallest absolute Gasteiger partial charge is 0.264 e. The van der Waals surface area contributed by atoms with Crippen molar-refractivity contribution in [2.75, 3.05) is 6.26 Å². The lowest BCUT2D eigenvalue weighted by atomic mass is 10.2. The zero-order valence-electron chi connectivity index (χ0n) is 13.2. The molecule has 0 aliphatic rings. The maximum absolute atomic E-state index is 11.0. The third-order valence-electron chi connectivity index (χ3n) is 3.41. The Balaban J connectivity index is 1.61. The van der Waals surface area contributed by atoms with Crippen LogP contribution < -0.4 is 4.74 Å². The number of nitrogens with zero attached hydrogens (tertiary/aromatic N) is 1. The van der Waals surface area contributed by atoms with Crippen LogP contribution in [0.1, 0.15) is 11.3 Å². The molecule has 1 heterocycles. The number of pyridine rings is 1. The molecule has 124 valence electrons. The Morgan fingerprint density at radius 3 is 2.42 bits per heavy atom. The van der Waals surface area contributed by atoms with Crippen molar-refractivity contribution < 1.29 is 17.3 Å². The molecular formula is C18H17NO4S. The van der Waals surface area contributed by atoms with Gasteiger partial charge in [-0.2, -0.15) is 8.42 Å². The molecule has 0 radical (unpaired) electrons. The third-order valence-corrected chi connectivity index (χ3v) is 3.95. The summed E-state index contributed by atoms with van der Waals surface area (Å²) >= 11 is 0. The van der Waals surface area contributed by atoms with E-state index in [2.05, 4.69) is 4.98 Å². The van der Waals surface area contributed by atoms with Crippen molar-refractivity contribution in [3.63, 3.8) is 0 Å². The van der Waals surface area contributed by atoms with Crippen LogP contribution in [-0.2, 0) is 27.5 Å². The van der Waals surface area contributed by atoms with Crippen LogP contribution >= 0.6 is 0 Å². The van der Waals surface area contributed by atoms with Crippen molar-refractivity contribution in [2.24, 2.45) is 0 Å². The summed E-state index contributed by atoms with van der Waals surface area (Å²) in [6.07, 6.45) is 1.03. The SMILES string of the molecule is CS(=O)(=O)OCc1ccc(OCc2ccc3ccccc3n2)cc1. The van der Waals surface area contributed by atoms with Crippen LogP contribution in [0.15, 0.2) is 60.7 Å². The van der Waals surface area contributed by atoms with Crippen LogP contribution in [0.2, 0.25) is 0 Å². The highest BCUT2D eigenvalue weighted by Gasteiger charge is 2.04. The molecule has 0 aliphatic heterocycles. The van der Waals surface area contributed by atoms with Crippen molar-refractivity contribution in [3.8, 4) is 5.75 Å². The Morgan fingerprint density at radius 1 is 0.917 bits per heavy atom. The maximum atomic E-state index is 11.0. The molecule has 3 aromatic rings. The average molecular weight is 343 g/mol. The normalized spacial score (nSPS) is 11.5. The van der Waals surface area contributed by atoms with Crippen LogP contribution in [-0.4, -0.2) is 19.7 Å². The molecule has 0 N–H and O–H groups in total. The summed E-state index contributed by atoms with van der Waals surface area (Å²) in [6, 6.07) is 19.0. The second-order valence-corrected chi connectivity index (χ2v) is 7.04. The molecule has 0 unspecified atom stereocenters. The molecule has 0 atom stereocenters. The minimum atomic E-state index is -3.44. The predicted octanol–water partition coefficient (Wildman–Crippen LogP) is 3.29. The zero-order valence-corrected chi connectivity index (χ0v) is 14.0. The molecule has 2 aromatic carbocycles. The fourth-order valence-corrected chi connectivity index (χ4v) is 2.55. The summed E-state index contributed by atoms with van der Waals surface area (Å²) in [5, 5.41) is 1.09. The summed E-state index contributed by atoms with van der Waals surface area (Å²) < 4.78 is 32.4. The van der Waals surface area contributed by atoms with E-state index in [0.29, 0.717) is 12.4 Å². The monoisotopic (exact) mass is 343 g/mol. The van der Waals surface area contributed by atoms with Gasteiger partial charge in [0, 0.05) is 5.39 Å². The van der Waals surface area contributed by atoms with E-state index in [4.69, 9.17) is 8.92 Å². The lowest BCUT2D eigenvalue weighted by Crippen LogP contribution is -2.02. The van der Waals surface area contributed by atoms with E-state index in [1.165, 1.54) is 0 Å². The van der Waals surface area contributed by atoms with Crippen molar-refractivity contribution in [3.05, 3.63) is 71.9 Å². The molecule has 0 saturated heterocycles. The maximum Gasteiger partial charge on any atom is 0.264 e. The van der Waals surface area contributed by atoms with Gasteiger partial charge in [0.25, 0.3) is 10.1 Å². The Bertz CT molecular complexity index is 937. The van der Waals surface area contributed by atoms with E-state index in [0.717, 1.165) is 28.4 Å². The first kappa shape index (κ1) is 16.4. The molecule has 0 fully saturated rings. The number of rotatable bonds is 6. The molecule has 3 rings (SSSR count). The third kappa shape index (κ3) is 4.53. The Morgan fingerprint density at radius 2 is 1.67 bits per heavy atom. The molecule has 1 aromatic heterocycles. The van der Waals surface area contributed by atoms with Crippen LogP contribution in [0.3, 0.4) is 0 Å². The summed E-state index contributed by atoms with van der Waals surface area (Å²) in [5.74, 6) is 0.688. The zero-order chi connectivity index (χ0) is 17.0. The summed E-state index contributed by atoms with van der Waals surface area (Å²) in [7, 11) is -3.44. The van der Waals surface area contributed by atoms with Crippen LogP contribution in [0.5, 0.6) is 5.75 Å². The first-order chi connectivity index (χ1) is 11.5. The topological polar surface area (TPSA) is 65.5 Å². The first-order valence-electron chi connectivity index (χ1n) is 7.40. The summed E-state index contributed by atoms with van der Waals surface area (Å²) in [6.45, 7) is 0.384. The van der Waals surface area contributed by atoms with E-state index in [-0.39, 0.29) is 6.61 Å². The minimum absolute atomic E-state index is 0.0192. The lowest BCUT2D eigenvalue weighted by Gasteiger charge is -2.08. The van der Waals surface area contributed by atoms with Gasteiger partial charge in [0.15, 0.2) is 0 Å². The number of ether oxygens (including phenoxy) is 1. The number of hydrogen-bond acceptors (Lipinski definition) is 5. The fourth-order valence-electron chi connectivity index (χ4n) is 2.20. The van der Waals surface area contributed by atoms with Crippen molar-refractivity contribution in [2.45, 2.75) is 13.2 Å². The molecule has 0 amide bonds. The minimum Gasteiger partial charge on any atom is -0.487 e. The number of hydrogen-bond donors (Lipinski definition) is 0. The van der Waals surface area contributed by atoms with E-state index in [1.54, 1.807) is 24.3 Å². The first-order valence-corrected chi connectivity index (χ1v) is 9.22. The van der Waals surface area contributed by atoms with Gasteiger partial charge >= 0.3 is 0 Å². The summed E-state index contributed by atoms with van der Waals surface area (Å²) in [5.41, 5.74) is 2.54. The van der Waals surface area contributed by atoms with E-state index in [9.17, 15) is 8.42 Å². The van der Waals surface area contributed by atoms with Crippen molar-refractivity contribution >= 4 is 21.0 Å². The largest absolute Gasteiger partial charge is 0.487 e. The second-order valence-electron chi connectivity index (χ2n) is 5.39. The van der Waals surface area contributed by atoms with Gasteiger partial charge in [-0.3, -0.25) is 4.18 Å². The molecular weight excluding hydrogens is 326 g/mol. The summed E-state index contributed by atoms with van der Waals surface area (Å²) in [4.78, 5) is 4.55. The van der Waals surface area contributed by atoms with Gasteiger partial charge in [0.1, 0.15) is 12.4 Å². The van der Waals surface area contributed by atoms with Gasteiger partial charge in [-0.25, -0.2) is 4.98 Å². The van der Waals surface area contributed by atoms with Gasteiger partial charge in [0.05, 0.1) is 24.1 Å². The number of benzene rings is 2. The number of para-hydroxylation sites is 1. The van der Waals surface area contributed by atoms with E-state index < -0.39 is 10.1 Å². The highest BCUT2D eigenvalue weighted by atomic mass is 32.2. The molecule has 5 nitrogen and oxygen atoms in total. The van der Waals surface area contributed by atoms with Crippen LogP contribution in [0.25, 0.3) is 10.9 Å². The predicted molar refractivity (Wildman–Crippen MR) is 92.1 cm³/mol. The number of aromatic nitrogens is 1.